The molecule has 0 aromatic heterocycles. The monoisotopic (exact) mass is 430 g/mol. The molecule has 3 rings (SSSR count). The summed E-state index contributed by atoms with van der Waals surface area (Å²) in [4.78, 5) is 0. The van der Waals surface area contributed by atoms with Gasteiger partial charge in [-0.15, -0.1) is 0 Å². The molecule has 176 valence electrons. The van der Waals surface area contributed by atoms with Gasteiger partial charge in [0.15, 0.2) is 0 Å². The van der Waals surface area contributed by atoms with Crippen molar-refractivity contribution < 1.29 is 14.9 Å². The maximum absolute atomic E-state index is 10.5. The molecule has 0 saturated heterocycles. The van der Waals surface area contributed by atoms with Crippen LogP contribution in [-0.4, -0.2) is 35.6 Å². The summed E-state index contributed by atoms with van der Waals surface area (Å²) in [7, 11) is 1.53. The van der Waals surface area contributed by atoms with Crippen LogP contribution < -0.4 is 0 Å². The third-order valence-electron chi connectivity index (χ3n) is 8.83. The van der Waals surface area contributed by atoms with E-state index in [2.05, 4.69) is 46.4 Å². The zero-order valence-corrected chi connectivity index (χ0v) is 20.6. The van der Waals surface area contributed by atoms with Gasteiger partial charge in [0.25, 0.3) is 0 Å². The number of hydrogen-bond donors (Lipinski definition) is 2. The molecule has 2 N–H and O–H groups in total. The highest BCUT2D eigenvalue weighted by Gasteiger charge is 2.50. The minimum Gasteiger partial charge on any atom is -0.390 e. The van der Waals surface area contributed by atoms with Gasteiger partial charge in [-0.25, -0.2) is 0 Å². The highest BCUT2D eigenvalue weighted by atomic mass is 16.5. The van der Waals surface area contributed by atoms with E-state index >= 15 is 0 Å². The maximum atomic E-state index is 10.5. The van der Waals surface area contributed by atoms with Crippen molar-refractivity contribution in [2.75, 3.05) is 7.11 Å². The first-order valence-corrected chi connectivity index (χ1v) is 12.7. The lowest BCUT2D eigenvalue weighted by Gasteiger charge is -2.44. The minimum absolute atomic E-state index is 0.420. The van der Waals surface area contributed by atoms with Crippen LogP contribution in [0.4, 0.5) is 0 Å². The summed E-state index contributed by atoms with van der Waals surface area (Å²) in [6.45, 7) is 13.8. The third kappa shape index (κ3) is 5.20. The van der Waals surface area contributed by atoms with E-state index in [0.717, 1.165) is 23.3 Å². The van der Waals surface area contributed by atoms with Crippen molar-refractivity contribution in [3.05, 3.63) is 35.5 Å². The quantitative estimate of drug-likeness (QED) is 0.504. The van der Waals surface area contributed by atoms with Crippen LogP contribution >= 0.6 is 0 Å². The van der Waals surface area contributed by atoms with Crippen molar-refractivity contribution in [2.45, 2.75) is 104 Å². The average Bonchev–Trinajstić information content (AvgIpc) is 3.07. The van der Waals surface area contributed by atoms with Crippen molar-refractivity contribution in [2.24, 2.45) is 29.1 Å². The van der Waals surface area contributed by atoms with Crippen molar-refractivity contribution in [1.82, 2.24) is 0 Å². The molecule has 31 heavy (non-hydrogen) atoms. The van der Waals surface area contributed by atoms with Gasteiger partial charge in [-0.2, -0.15) is 0 Å². The SMILES string of the molecule is C=C1/C(=C\C=C2CCC[C@@]3(C)C2CC[C@@H]3[C@H](C)CCCC(C)C)C[C@@H](O)[C@@H](OC)[C@H]1O. The molecule has 0 aliphatic heterocycles. The fourth-order valence-corrected chi connectivity index (χ4v) is 7.00. The lowest BCUT2D eigenvalue weighted by atomic mass is 9.60. The number of ether oxygens (including phenoxy) is 1. The van der Waals surface area contributed by atoms with E-state index in [1.54, 1.807) is 5.57 Å². The third-order valence-corrected chi connectivity index (χ3v) is 8.83. The lowest BCUT2D eigenvalue weighted by Crippen LogP contribution is -2.44. The van der Waals surface area contributed by atoms with Gasteiger partial charge in [-0.1, -0.05) is 71.3 Å². The minimum atomic E-state index is -0.836. The molecule has 0 spiro atoms. The number of methoxy groups -OCH3 is 1. The smallest absolute Gasteiger partial charge is 0.113 e. The molecule has 0 amide bonds. The standard InChI is InChI=1S/C28H46O3/c1-18(2)9-7-10-19(3)23-14-15-24-21(11-8-16-28(23,24)5)12-13-22-17-25(29)27(31-6)26(30)20(22)4/h12-13,18-19,23-27,29-30H,4,7-11,14-17H2,1-3,5-6H3/b21-12?,22-13-/t19-,23-,24?,25-,26+,27-,28-/m1/s1. The molecule has 1 unspecified atom stereocenters. The molecule has 3 aliphatic carbocycles. The zero-order valence-electron chi connectivity index (χ0n) is 20.6. The number of allylic oxidation sites excluding steroid dienone is 3. The summed E-state index contributed by atoms with van der Waals surface area (Å²) in [6.07, 6.45) is 13.4. The Morgan fingerprint density at radius 2 is 1.90 bits per heavy atom. The molecule has 0 aromatic rings. The van der Waals surface area contributed by atoms with Crippen LogP contribution in [-0.2, 0) is 4.74 Å². The number of rotatable bonds is 7. The molecule has 0 radical (unpaired) electrons. The molecule has 3 saturated carbocycles. The summed E-state index contributed by atoms with van der Waals surface area (Å²) in [5.41, 5.74) is 3.65. The normalized spacial score (nSPS) is 40.0. The molecular formula is C28H46O3. The van der Waals surface area contributed by atoms with Crippen molar-refractivity contribution >= 4 is 0 Å². The molecular weight excluding hydrogens is 384 g/mol. The number of hydrogen-bond acceptors (Lipinski definition) is 3. The summed E-state index contributed by atoms with van der Waals surface area (Å²) in [6, 6.07) is 0. The second kappa shape index (κ2) is 10.4. The van der Waals surface area contributed by atoms with Gasteiger partial charge in [0.05, 0.1) is 6.10 Å². The van der Waals surface area contributed by atoms with E-state index in [-0.39, 0.29) is 0 Å². The van der Waals surface area contributed by atoms with Crippen molar-refractivity contribution in [3.63, 3.8) is 0 Å². The molecule has 0 aromatic carbocycles. The first-order valence-electron chi connectivity index (χ1n) is 12.7. The molecule has 3 aliphatic rings. The summed E-state index contributed by atoms with van der Waals surface area (Å²) < 4.78 is 5.27. The number of fused-ring (bicyclic) bond motifs is 1. The Labute approximate surface area is 190 Å². The van der Waals surface area contributed by atoms with Gasteiger partial charge in [0, 0.05) is 13.5 Å². The summed E-state index contributed by atoms with van der Waals surface area (Å²) >= 11 is 0. The first kappa shape index (κ1) is 24.7. The van der Waals surface area contributed by atoms with E-state index in [0.29, 0.717) is 23.3 Å². The van der Waals surface area contributed by atoms with E-state index in [4.69, 9.17) is 4.74 Å². The van der Waals surface area contributed by atoms with Crippen LogP contribution in [0.3, 0.4) is 0 Å². The van der Waals surface area contributed by atoms with Crippen LogP contribution in [0.25, 0.3) is 0 Å². The van der Waals surface area contributed by atoms with Gasteiger partial charge in [-0.05, 0) is 72.3 Å². The topological polar surface area (TPSA) is 49.7 Å². The highest BCUT2D eigenvalue weighted by molar-refractivity contribution is 5.40. The van der Waals surface area contributed by atoms with E-state index in [9.17, 15) is 10.2 Å². The van der Waals surface area contributed by atoms with E-state index in [1.807, 2.05) is 0 Å². The Morgan fingerprint density at radius 3 is 2.58 bits per heavy atom. The van der Waals surface area contributed by atoms with Gasteiger partial charge in [-0.3, -0.25) is 0 Å². The Morgan fingerprint density at radius 1 is 1.16 bits per heavy atom. The van der Waals surface area contributed by atoms with Gasteiger partial charge < -0.3 is 14.9 Å². The van der Waals surface area contributed by atoms with E-state index < -0.39 is 18.3 Å². The van der Waals surface area contributed by atoms with Gasteiger partial charge >= 0.3 is 0 Å². The van der Waals surface area contributed by atoms with Gasteiger partial charge in [0.1, 0.15) is 12.2 Å². The fraction of sp³-hybridized carbons (Fsp3) is 0.786. The number of aliphatic hydroxyl groups excluding tert-OH is 2. The van der Waals surface area contributed by atoms with Crippen LogP contribution in [0.1, 0.15) is 85.5 Å². The molecule has 0 heterocycles. The number of aliphatic hydroxyl groups is 2. The molecule has 3 nitrogen and oxygen atoms in total. The van der Waals surface area contributed by atoms with Crippen LogP contribution in [0.15, 0.2) is 35.5 Å². The zero-order chi connectivity index (χ0) is 22.8. The highest BCUT2D eigenvalue weighted by Crippen LogP contribution is 2.60. The first-order chi connectivity index (χ1) is 14.7. The molecule has 0 bridgehead atoms. The molecule has 3 heteroatoms. The largest absolute Gasteiger partial charge is 0.390 e. The Balaban J connectivity index is 1.72. The summed E-state index contributed by atoms with van der Waals surface area (Å²) in [5, 5.41) is 20.8. The predicted octanol–water partition coefficient (Wildman–Crippen LogP) is 6.21. The second-order valence-corrected chi connectivity index (χ2v) is 11.3. The lowest BCUT2D eigenvalue weighted by molar-refractivity contribution is -0.0759. The van der Waals surface area contributed by atoms with Crippen LogP contribution in [0, 0.1) is 29.1 Å². The van der Waals surface area contributed by atoms with E-state index in [1.165, 1.54) is 58.5 Å². The predicted molar refractivity (Wildman–Crippen MR) is 129 cm³/mol. The molecule has 3 fully saturated rings. The second-order valence-electron chi connectivity index (χ2n) is 11.3. The Bertz CT molecular complexity index is 690. The Hall–Kier alpha value is -0.900. The van der Waals surface area contributed by atoms with Gasteiger partial charge in [0.2, 0.25) is 0 Å². The Kier molecular flexibility index (Phi) is 8.27. The molecule has 7 atom stereocenters. The van der Waals surface area contributed by atoms with Crippen LogP contribution in [0.2, 0.25) is 0 Å². The van der Waals surface area contributed by atoms with Crippen molar-refractivity contribution in [1.29, 1.82) is 0 Å². The van der Waals surface area contributed by atoms with Crippen LogP contribution in [0.5, 0.6) is 0 Å². The average molecular weight is 431 g/mol. The maximum Gasteiger partial charge on any atom is 0.113 e. The summed E-state index contributed by atoms with van der Waals surface area (Å²) in [5.74, 6) is 3.12. The van der Waals surface area contributed by atoms with Crippen molar-refractivity contribution in [3.8, 4) is 0 Å². The fourth-order valence-electron chi connectivity index (χ4n) is 7.00.